The third-order valence-electron chi connectivity index (χ3n) is 3.25. The van der Waals surface area contributed by atoms with Crippen molar-refractivity contribution in [1.82, 2.24) is 0 Å². The Morgan fingerprint density at radius 2 is 1.89 bits per heavy atom. The Bertz CT molecular complexity index is 419. The van der Waals surface area contributed by atoms with Crippen LogP contribution in [0.2, 0.25) is 0 Å². The average molecular weight is 269 g/mol. The van der Waals surface area contributed by atoms with Gasteiger partial charge in [0, 0.05) is 30.4 Å². The molecule has 1 aromatic rings. The van der Waals surface area contributed by atoms with E-state index in [0.29, 0.717) is 24.1 Å². The van der Waals surface area contributed by atoms with Gasteiger partial charge in [0.2, 0.25) is 0 Å². The summed E-state index contributed by atoms with van der Waals surface area (Å²) in [6.45, 7) is 8.24. The maximum absolute atomic E-state index is 13.7. The monoisotopic (exact) mass is 269 g/mol. The second-order valence-corrected chi connectivity index (χ2v) is 5.20. The normalized spacial score (nSPS) is 12.8. The summed E-state index contributed by atoms with van der Waals surface area (Å²) in [5.41, 5.74) is 2.00. The van der Waals surface area contributed by atoms with Crippen molar-refractivity contribution in [3.63, 3.8) is 0 Å². The Labute approximate surface area is 114 Å². The Hall–Kier alpha value is -1.13. The predicted octanol–water partition coefficient (Wildman–Crippen LogP) is 2.78. The van der Waals surface area contributed by atoms with Crippen molar-refractivity contribution in [3.8, 4) is 0 Å². The van der Waals surface area contributed by atoms with Crippen molar-refractivity contribution in [2.45, 2.75) is 46.3 Å². The number of aliphatic hydroxyl groups is 2. The summed E-state index contributed by atoms with van der Waals surface area (Å²) in [5.74, 6) is -0.300. The zero-order valence-electron chi connectivity index (χ0n) is 12.2. The smallest absolute Gasteiger partial charge is 0.126 e. The lowest BCUT2D eigenvalue weighted by Crippen LogP contribution is -2.33. The molecule has 0 bridgehead atoms. The van der Waals surface area contributed by atoms with Crippen LogP contribution in [0.3, 0.4) is 0 Å². The molecule has 4 heteroatoms. The topological polar surface area (TPSA) is 43.7 Å². The first-order valence-corrected chi connectivity index (χ1v) is 6.74. The van der Waals surface area contributed by atoms with E-state index in [4.69, 9.17) is 5.11 Å². The molecule has 2 N–H and O–H groups in total. The molecule has 0 saturated carbocycles. The van der Waals surface area contributed by atoms with Gasteiger partial charge >= 0.3 is 0 Å². The molecule has 3 nitrogen and oxygen atoms in total. The van der Waals surface area contributed by atoms with Gasteiger partial charge in [-0.15, -0.1) is 0 Å². The van der Waals surface area contributed by atoms with Gasteiger partial charge in [0.25, 0.3) is 0 Å². The van der Waals surface area contributed by atoms with Crippen molar-refractivity contribution >= 4 is 5.69 Å². The quantitative estimate of drug-likeness (QED) is 0.834. The highest BCUT2D eigenvalue weighted by Crippen LogP contribution is 2.30. The predicted molar refractivity (Wildman–Crippen MR) is 76.0 cm³/mol. The molecule has 0 saturated heterocycles. The van der Waals surface area contributed by atoms with Crippen LogP contribution in [-0.2, 0) is 0 Å². The summed E-state index contributed by atoms with van der Waals surface area (Å²) >= 11 is 0. The SMILES string of the molecule is Cc1cc(N(CCCO)C(C)C)c([C@@H](C)O)cc1F. The van der Waals surface area contributed by atoms with E-state index in [9.17, 15) is 9.50 Å². The lowest BCUT2D eigenvalue weighted by atomic mass is 10.0. The van der Waals surface area contributed by atoms with E-state index in [0.717, 1.165) is 5.69 Å². The first-order valence-electron chi connectivity index (χ1n) is 6.74. The van der Waals surface area contributed by atoms with Gasteiger partial charge in [0.1, 0.15) is 5.82 Å². The van der Waals surface area contributed by atoms with Gasteiger partial charge in [-0.25, -0.2) is 4.39 Å². The fourth-order valence-electron chi connectivity index (χ4n) is 2.16. The molecule has 0 spiro atoms. The van der Waals surface area contributed by atoms with Crippen LogP contribution in [0.4, 0.5) is 10.1 Å². The van der Waals surface area contributed by atoms with Crippen molar-refractivity contribution < 1.29 is 14.6 Å². The summed E-state index contributed by atoms with van der Waals surface area (Å²) in [4.78, 5) is 2.09. The van der Waals surface area contributed by atoms with E-state index >= 15 is 0 Å². The van der Waals surface area contributed by atoms with Gasteiger partial charge < -0.3 is 15.1 Å². The van der Waals surface area contributed by atoms with Gasteiger partial charge in [-0.2, -0.15) is 0 Å². The molecule has 0 aromatic heterocycles. The molecule has 0 heterocycles. The highest BCUT2D eigenvalue weighted by atomic mass is 19.1. The van der Waals surface area contributed by atoms with E-state index < -0.39 is 6.10 Å². The Morgan fingerprint density at radius 1 is 1.26 bits per heavy atom. The summed E-state index contributed by atoms with van der Waals surface area (Å²) < 4.78 is 13.7. The second-order valence-electron chi connectivity index (χ2n) is 5.20. The van der Waals surface area contributed by atoms with Crippen molar-refractivity contribution in [2.24, 2.45) is 0 Å². The standard InChI is InChI=1S/C15H24FNO2/c1-10(2)17(6-5-7-18)15-8-11(3)14(16)9-13(15)12(4)19/h8-10,12,18-19H,5-7H2,1-4H3/t12-/m1/s1. The molecular weight excluding hydrogens is 245 g/mol. The molecule has 0 radical (unpaired) electrons. The minimum atomic E-state index is -0.722. The van der Waals surface area contributed by atoms with E-state index in [-0.39, 0.29) is 18.5 Å². The van der Waals surface area contributed by atoms with E-state index in [1.807, 2.05) is 13.8 Å². The fourth-order valence-corrected chi connectivity index (χ4v) is 2.16. The van der Waals surface area contributed by atoms with Crippen LogP contribution in [0, 0.1) is 12.7 Å². The van der Waals surface area contributed by atoms with Crippen LogP contribution in [0.5, 0.6) is 0 Å². The van der Waals surface area contributed by atoms with E-state index in [2.05, 4.69) is 4.90 Å². The Balaban J connectivity index is 3.23. The number of aryl methyl sites for hydroxylation is 1. The molecule has 1 rings (SSSR count). The summed E-state index contributed by atoms with van der Waals surface area (Å²) in [6, 6.07) is 3.40. The van der Waals surface area contributed by atoms with Crippen LogP contribution in [0.25, 0.3) is 0 Å². The molecule has 0 unspecified atom stereocenters. The van der Waals surface area contributed by atoms with Gasteiger partial charge in [-0.1, -0.05) is 0 Å². The molecule has 0 aliphatic heterocycles. The van der Waals surface area contributed by atoms with Crippen LogP contribution in [-0.4, -0.2) is 29.4 Å². The number of hydrogen-bond donors (Lipinski definition) is 2. The zero-order chi connectivity index (χ0) is 14.6. The van der Waals surface area contributed by atoms with Gasteiger partial charge in [-0.3, -0.25) is 0 Å². The first kappa shape index (κ1) is 15.9. The van der Waals surface area contributed by atoms with Crippen molar-refractivity contribution in [1.29, 1.82) is 0 Å². The van der Waals surface area contributed by atoms with Crippen molar-refractivity contribution in [2.75, 3.05) is 18.1 Å². The number of hydrogen-bond acceptors (Lipinski definition) is 3. The van der Waals surface area contributed by atoms with E-state index in [1.165, 1.54) is 6.07 Å². The lowest BCUT2D eigenvalue weighted by molar-refractivity contribution is 0.199. The number of anilines is 1. The van der Waals surface area contributed by atoms with Crippen LogP contribution in [0.1, 0.15) is 44.4 Å². The number of nitrogens with zero attached hydrogens (tertiary/aromatic N) is 1. The highest BCUT2D eigenvalue weighted by Gasteiger charge is 2.18. The van der Waals surface area contributed by atoms with Crippen LogP contribution >= 0.6 is 0 Å². The van der Waals surface area contributed by atoms with Gasteiger partial charge in [0.15, 0.2) is 0 Å². The molecular formula is C15H24FNO2. The molecule has 0 aliphatic carbocycles. The summed E-state index contributed by atoms with van der Waals surface area (Å²) in [5, 5.41) is 18.8. The summed E-state index contributed by atoms with van der Waals surface area (Å²) in [7, 11) is 0. The Morgan fingerprint density at radius 3 is 2.37 bits per heavy atom. The lowest BCUT2D eigenvalue weighted by Gasteiger charge is -2.32. The number of halogens is 1. The number of rotatable bonds is 6. The average Bonchev–Trinajstić information content (AvgIpc) is 2.32. The third kappa shape index (κ3) is 3.91. The maximum Gasteiger partial charge on any atom is 0.126 e. The maximum atomic E-state index is 13.7. The minimum Gasteiger partial charge on any atom is -0.396 e. The molecule has 0 aliphatic rings. The molecule has 0 fully saturated rings. The molecule has 1 atom stereocenters. The van der Waals surface area contributed by atoms with Gasteiger partial charge in [-0.05, 0) is 51.8 Å². The molecule has 1 aromatic carbocycles. The van der Waals surface area contributed by atoms with Crippen LogP contribution in [0.15, 0.2) is 12.1 Å². The Kier molecular flexibility index (Phi) is 5.76. The summed E-state index contributed by atoms with van der Waals surface area (Å²) in [6.07, 6.45) is -0.0751. The minimum absolute atomic E-state index is 0.118. The van der Waals surface area contributed by atoms with Crippen LogP contribution < -0.4 is 4.90 Å². The fraction of sp³-hybridized carbons (Fsp3) is 0.600. The third-order valence-corrected chi connectivity index (χ3v) is 3.25. The van der Waals surface area contributed by atoms with Gasteiger partial charge in [0.05, 0.1) is 6.10 Å². The zero-order valence-corrected chi connectivity index (χ0v) is 12.2. The molecule has 108 valence electrons. The number of benzene rings is 1. The highest BCUT2D eigenvalue weighted by molar-refractivity contribution is 5.57. The second kappa shape index (κ2) is 6.87. The molecule has 0 amide bonds. The largest absolute Gasteiger partial charge is 0.396 e. The number of aliphatic hydroxyl groups excluding tert-OH is 2. The van der Waals surface area contributed by atoms with E-state index in [1.54, 1.807) is 19.9 Å². The van der Waals surface area contributed by atoms with Crippen molar-refractivity contribution in [3.05, 3.63) is 29.1 Å². The molecule has 19 heavy (non-hydrogen) atoms. The first-order chi connectivity index (χ1) is 8.88.